The predicted molar refractivity (Wildman–Crippen MR) is 127 cm³/mol. The van der Waals surface area contributed by atoms with Gasteiger partial charge in [-0.05, 0) is 67.5 Å². The summed E-state index contributed by atoms with van der Waals surface area (Å²) in [7, 11) is 0. The van der Waals surface area contributed by atoms with E-state index < -0.39 is 0 Å². The van der Waals surface area contributed by atoms with Gasteiger partial charge in [-0.3, -0.25) is 14.4 Å². The molecule has 0 radical (unpaired) electrons. The zero-order valence-corrected chi connectivity index (χ0v) is 19.3. The van der Waals surface area contributed by atoms with Crippen LogP contribution in [0.25, 0.3) is 0 Å². The number of likely N-dealkylation sites (tertiary alicyclic amines) is 2. The largest absolute Gasteiger partial charge is 0.342 e. The van der Waals surface area contributed by atoms with Crippen molar-refractivity contribution in [2.24, 2.45) is 11.8 Å². The van der Waals surface area contributed by atoms with Crippen LogP contribution < -0.4 is 5.32 Å². The van der Waals surface area contributed by atoms with Crippen molar-refractivity contribution < 1.29 is 14.4 Å². The van der Waals surface area contributed by atoms with E-state index in [-0.39, 0.29) is 35.5 Å². The molecular formula is C26H28ClN3O3. The normalized spacial score (nSPS) is 23.2. The van der Waals surface area contributed by atoms with Crippen molar-refractivity contribution in [3.05, 3.63) is 64.7 Å². The summed E-state index contributed by atoms with van der Waals surface area (Å²) >= 11 is 5.94. The Kier molecular flexibility index (Phi) is 6.11. The summed E-state index contributed by atoms with van der Waals surface area (Å²) < 4.78 is 0. The molecule has 7 heteroatoms. The fourth-order valence-corrected chi connectivity index (χ4v) is 5.68. The number of nitrogens with zero attached hydrogens (tertiary/aromatic N) is 2. The van der Waals surface area contributed by atoms with E-state index in [1.807, 2.05) is 29.2 Å². The lowest BCUT2D eigenvalue weighted by molar-refractivity contribution is -0.138. The monoisotopic (exact) mass is 465 g/mol. The quantitative estimate of drug-likeness (QED) is 0.739. The van der Waals surface area contributed by atoms with E-state index in [1.54, 1.807) is 29.2 Å². The Hall–Kier alpha value is -2.86. The first-order chi connectivity index (χ1) is 16.0. The third kappa shape index (κ3) is 4.36. The molecule has 3 aliphatic rings. The Morgan fingerprint density at radius 1 is 0.909 bits per heavy atom. The topological polar surface area (TPSA) is 69.7 Å². The maximum absolute atomic E-state index is 13.3. The molecule has 6 nitrogen and oxygen atoms in total. The van der Waals surface area contributed by atoms with Crippen LogP contribution in [0.5, 0.6) is 0 Å². The molecule has 2 atom stereocenters. The molecule has 2 fully saturated rings. The number of carbonyl (C=O) groups excluding carboxylic acids is 3. The van der Waals surface area contributed by atoms with Gasteiger partial charge in [-0.15, -0.1) is 0 Å². The molecule has 3 amide bonds. The van der Waals surface area contributed by atoms with Crippen molar-refractivity contribution in [3.8, 4) is 0 Å². The molecule has 0 bridgehead atoms. The zero-order valence-electron chi connectivity index (χ0n) is 18.5. The highest BCUT2D eigenvalue weighted by molar-refractivity contribution is 6.30. The fourth-order valence-electron chi connectivity index (χ4n) is 5.55. The average molecular weight is 466 g/mol. The number of amides is 3. The molecule has 3 heterocycles. The number of benzene rings is 2. The van der Waals surface area contributed by atoms with E-state index >= 15 is 0 Å². The molecular weight excluding hydrogens is 438 g/mol. The van der Waals surface area contributed by atoms with Gasteiger partial charge in [-0.2, -0.15) is 0 Å². The standard InChI is InChI=1S/C26H28ClN3O3/c27-20-9-7-18(8-10-20)25(32)30-13-3-4-19(16-30)26(33)29-14-11-17(12-15-29)23-21-5-1-2-6-22(21)28-24(23)31/h1-2,5-10,17,19,23H,3-4,11-16H2,(H,28,31). The lowest BCUT2D eigenvalue weighted by Crippen LogP contribution is -2.49. The van der Waals surface area contributed by atoms with E-state index in [9.17, 15) is 14.4 Å². The zero-order chi connectivity index (χ0) is 22.9. The summed E-state index contributed by atoms with van der Waals surface area (Å²) in [5.41, 5.74) is 2.60. The van der Waals surface area contributed by atoms with Crippen LogP contribution in [0, 0.1) is 11.8 Å². The van der Waals surface area contributed by atoms with Gasteiger partial charge < -0.3 is 15.1 Å². The third-order valence-corrected chi connectivity index (χ3v) is 7.56. The molecule has 3 aliphatic heterocycles. The number of carbonyl (C=O) groups is 3. The molecule has 0 aliphatic carbocycles. The Morgan fingerprint density at radius 2 is 1.64 bits per heavy atom. The minimum absolute atomic E-state index is 0.0474. The van der Waals surface area contributed by atoms with Crippen molar-refractivity contribution >= 4 is 35.0 Å². The summed E-state index contributed by atoms with van der Waals surface area (Å²) in [6, 6.07) is 14.8. The molecule has 33 heavy (non-hydrogen) atoms. The molecule has 2 unspecified atom stereocenters. The van der Waals surface area contributed by atoms with Gasteiger partial charge in [0.15, 0.2) is 0 Å². The maximum Gasteiger partial charge on any atom is 0.253 e. The Morgan fingerprint density at radius 3 is 2.39 bits per heavy atom. The minimum atomic E-state index is -0.165. The van der Waals surface area contributed by atoms with Crippen LogP contribution in [-0.2, 0) is 9.59 Å². The van der Waals surface area contributed by atoms with Crippen LogP contribution in [-0.4, -0.2) is 53.7 Å². The van der Waals surface area contributed by atoms with E-state index in [4.69, 9.17) is 11.6 Å². The molecule has 0 saturated carbocycles. The highest BCUT2D eigenvalue weighted by Crippen LogP contribution is 2.41. The molecule has 5 rings (SSSR count). The van der Waals surface area contributed by atoms with Crippen LogP contribution in [0.3, 0.4) is 0 Å². The van der Waals surface area contributed by atoms with Crippen LogP contribution in [0.4, 0.5) is 5.69 Å². The molecule has 172 valence electrons. The number of nitrogens with one attached hydrogen (secondary N) is 1. The Bertz CT molecular complexity index is 1060. The fraction of sp³-hybridized carbons (Fsp3) is 0.423. The minimum Gasteiger partial charge on any atom is -0.342 e. The number of fused-ring (bicyclic) bond motifs is 1. The van der Waals surface area contributed by atoms with Crippen LogP contribution in [0.15, 0.2) is 48.5 Å². The molecule has 0 spiro atoms. The number of halogens is 1. The SMILES string of the molecule is O=C1Nc2ccccc2C1C1CCN(C(=O)C2CCCN(C(=O)c3ccc(Cl)cc3)C2)CC1. The summed E-state index contributed by atoms with van der Waals surface area (Å²) in [4.78, 5) is 42.5. The van der Waals surface area contributed by atoms with Gasteiger partial charge >= 0.3 is 0 Å². The molecule has 2 aromatic carbocycles. The van der Waals surface area contributed by atoms with Crippen LogP contribution in [0.1, 0.15) is 47.5 Å². The van der Waals surface area contributed by atoms with Crippen LogP contribution >= 0.6 is 11.6 Å². The summed E-state index contributed by atoms with van der Waals surface area (Å²) in [6.45, 7) is 2.45. The van der Waals surface area contributed by atoms with E-state index in [2.05, 4.69) is 5.32 Å². The third-order valence-electron chi connectivity index (χ3n) is 7.31. The second-order valence-corrected chi connectivity index (χ2v) is 9.75. The number of anilines is 1. The van der Waals surface area contributed by atoms with Crippen molar-refractivity contribution in [3.63, 3.8) is 0 Å². The predicted octanol–water partition coefficient (Wildman–Crippen LogP) is 4.17. The summed E-state index contributed by atoms with van der Waals surface area (Å²) in [6.07, 6.45) is 3.27. The van der Waals surface area contributed by atoms with Gasteiger partial charge in [0.2, 0.25) is 11.8 Å². The van der Waals surface area contributed by atoms with Gasteiger partial charge in [0.25, 0.3) is 5.91 Å². The lowest BCUT2D eigenvalue weighted by atomic mass is 9.80. The first-order valence-electron chi connectivity index (χ1n) is 11.7. The van der Waals surface area contributed by atoms with Gasteiger partial charge in [-0.25, -0.2) is 0 Å². The molecule has 0 aromatic heterocycles. The average Bonchev–Trinajstić information content (AvgIpc) is 3.19. The molecule has 2 saturated heterocycles. The first-order valence-corrected chi connectivity index (χ1v) is 12.1. The summed E-state index contributed by atoms with van der Waals surface area (Å²) in [5.74, 6) is 0.117. The van der Waals surface area contributed by atoms with Crippen LogP contribution in [0.2, 0.25) is 5.02 Å². The highest BCUT2D eigenvalue weighted by Gasteiger charge is 2.40. The van der Waals surface area contributed by atoms with E-state index in [0.29, 0.717) is 36.8 Å². The van der Waals surface area contributed by atoms with Crippen molar-refractivity contribution in [1.82, 2.24) is 9.80 Å². The first kappa shape index (κ1) is 22.0. The Labute approximate surface area is 198 Å². The number of rotatable bonds is 3. The van der Waals surface area contributed by atoms with Gasteiger partial charge in [-0.1, -0.05) is 29.8 Å². The second-order valence-electron chi connectivity index (χ2n) is 9.31. The van der Waals surface area contributed by atoms with Gasteiger partial charge in [0.05, 0.1) is 11.8 Å². The van der Waals surface area contributed by atoms with Gasteiger partial charge in [0.1, 0.15) is 0 Å². The molecule has 1 N–H and O–H groups in total. The Balaban J connectivity index is 1.19. The lowest BCUT2D eigenvalue weighted by Gasteiger charge is -2.38. The smallest absolute Gasteiger partial charge is 0.253 e. The van der Waals surface area contributed by atoms with E-state index in [0.717, 1.165) is 36.9 Å². The maximum atomic E-state index is 13.3. The second kappa shape index (κ2) is 9.18. The molecule has 2 aromatic rings. The number of piperidine rings is 2. The highest BCUT2D eigenvalue weighted by atomic mass is 35.5. The van der Waals surface area contributed by atoms with Crippen molar-refractivity contribution in [2.75, 3.05) is 31.5 Å². The van der Waals surface area contributed by atoms with Crippen molar-refractivity contribution in [2.45, 2.75) is 31.6 Å². The number of hydrogen-bond donors (Lipinski definition) is 1. The van der Waals surface area contributed by atoms with Crippen molar-refractivity contribution in [1.29, 1.82) is 0 Å². The number of hydrogen-bond acceptors (Lipinski definition) is 3. The number of para-hydroxylation sites is 1. The van der Waals surface area contributed by atoms with E-state index in [1.165, 1.54) is 0 Å². The van der Waals surface area contributed by atoms with Gasteiger partial charge in [0, 0.05) is 42.5 Å². The summed E-state index contributed by atoms with van der Waals surface area (Å²) in [5, 5.41) is 3.60.